The predicted molar refractivity (Wildman–Crippen MR) is 47.3 cm³/mol. The molecular formula is C10H10FNO2. The van der Waals surface area contributed by atoms with Crippen LogP contribution in [-0.4, -0.2) is 16.1 Å². The molecule has 1 aromatic rings. The van der Waals surface area contributed by atoms with Gasteiger partial charge in [-0.2, -0.15) is 0 Å². The van der Waals surface area contributed by atoms with Crippen LogP contribution in [-0.2, 0) is 4.79 Å². The molecule has 1 fully saturated rings. The Morgan fingerprint density at radius 1 is 1.57 bits per heavy atom. The summed E-state index contributed by atoms with van der Waals surface area (Å²) in [7, 11) is 0. The maximum Gasteiger partial charge on any atom is 0.307 e. The van der Waals surface area contributed by atoms with Crippen LogP contribution in [0.2, 0.25) is 0 Å². The second-order valence-electron chi connectivity index (χ2n) is 3.53. The summed E-state index contributed by atoms with van der Waals surface area (Å²) in [5, 5.41) is 8.82. The van der Waals surface area contributed by atoms with E-state index in [1.807, 2.05) is 0 Å². The lowest BCUT2D eigenvalue weighted by atomic mass is 9.70. The number of rotatable bonds is 2. The Kier molecular flexibility index (Phi) is 2.19. The normalized spacial score (nSPS) is 25.5. The number of carbonyl (C=O) groups is 1. The maximum absolute atomic E-state index is 13.2. The number of pyridine rings is 1. The molecule has 1 aliphatic carbocycles. The minimum absolute atomic E-state index is 0.171. The molecule has 14 heavy (non-hydrogen) atoms. The van der Waals surface area contributed by atoms with Gasteiger partial charge in [-0.3, -0.25) is 9.78 Å². The molecule has 0 amide bonds. The lowest BCUT2D eigenvalue weighted by Crippen LogP contribution is -2.31. The van der Waals surface area contributed by atoms with E-state index in [1.165, 1.54) is 6.20 Å². The maximum atomic E-state index is 13.2. The van der Waals surface area contributed by atoms with Crippen LogP contribution in [0.3, 0.4) is 0 Å². The molecule has 0 aromatic carbocycles. The summed E-state index contributed by atoms with van der Waals surface area (Å²) in [6.45, 7) is 0. The largest absolute Gasteiger partial charge is 0.481 e. The molecule has 74 valence electrons. The second-order valence-corrected chi connectivity index (χ2v) is 3.53. The van der Waals surface area contributed by atoms with Crippen molar-refractivity contribution in [2.75, 3.05) is 0 Å². The quantitative estimate of drug-likeness (QED) is 0.782. The van der Waals surface area contributed by atoms with Crippen LogP contribution in [0, 0.1) is 11.7 Å². The number of aliphatic carboxylic acids is 1. The summed E-state index contributed by atoms with van der Waals surface area (Å²) in [6, 6.07) is 1.56. The smallest absolute Gasteiger partial charge is 0.307 e. The molecule has 1 aliphatic rings. The van der Waals surface area contributed by atoms with E-state index in [-0.39, 0.29) is 5.92 Å². The van der Waals surface area contributed by atoms with Crippen LogP contribution in [0.5, 0.6) is 0 Å². The zero-order chi connectivity index (χ0) is 10.1. The average Bonchev–Trinajstić information content (AvgIpc) is 2.05. The fourth-order valence-electron chi connectivity index (χ4n) is 1.85. The Bertz CT molecular complexity index is 367. The summed E-state index contributed by atoms with van der Waals surface area (Å²) < 4.78 is 13.2. The van der Waals surface area contributed by atoms with Crippen molar-refractivity contribution in [1.82, 2.24) is 4.98 Å². The van der Waals surface area contributed by atoms with Crippen molar-refractivity contribution in [3.63, 3.8) is 0 Å². The van der Waals surface area contributed by atoms with Gasteiger partial charge >= 0.3 is 5.97 Å². The minimum atomic E-state index is -0.836. The fourth-order valence-corrected chi connectivity index (χ4v) is 1.85. The van der Waals surface area contributed by atoms with Crippen LogP contribution in [0.1, 0.15) is 24.3 Å². The van der Waals surface area contributed by atoms with E-state index in [9.17, 15) is 9.18 Å². The standard InChI is InChI=1S/C10H10FNO2/c11-9-5-12-4-3-7(9)6-1-2-8(6)10(13)14/h3-6,8H,1-2H2,(H,13,14). The molecule has 4 heteroatoms. The first kappa shape index (κ1) is 9.12. The number of carboxylic acid groups (broad SMARTS) is 1. The Morgan fingerprint density at radius 3 is 2.86 bits per heavy atom. The third kappa shape index (κ3) is 1.36. The highest BCUT2D eigenvalue weighted by Gasteiger charge is 2.38. The summed E-state index contributed by atoms with van der Waals surface area (Å²) in [5.41, 5.74) is 0.485. The van der Waals surface area contributed by atoms with Crippen molar-refractivity contribution in [2.24, 2.45) is 5.92 Å². The number of carboxylic acids is 1. The molecule has 3 nitrogen and oxygen atoms in total. The van der Waals surface area contributed by atoms with E-state index >= 15 is 0 Å². The molecule has 1 heterocycles. The highest BCUT2D eigenvalue weighted by molar-refractivity contribution is 5.72. The molecule has 0 radical (unpaired) electrons. The van der Waals surface area contributed by atoms with Gasteiger partial charge < -0.3 is 5.11 Å². The molecule has 2 unspecified atom stereocenters. The first-order valence-electron chi connectivity index (χ1n) is 4.52. The van der Waals surface area contributed by atoms with E-state index in [0.29, 0.717) is 12.0 Å². The molecular weight excluding hydrogens is 185 g/mol. The van der Waals surface area contributed by atoms with E-state index in [4.69, 9.17) is 5.11 Å². The van der Waals surface area contributed by atoms with Gasteiger partial charge in [-0.15, -0.1) is 0 Å². The Hall–Kier alpha value is -1.45. The zero-order valence-corrected chi connectivity index (χ0v) is 7.48. The highest BCUT2D eigenvalue weighted by atomic mass is 19.1. The first-order chi connectivity index (χ1) is 6.70. The van der Waals surface area contributed by atoms with E-state index < -0.39 is 17.7 Å². The number of halogens is 1. The zero-order valence-electron chi connectivity index (χ0n) is 7.48. The monoisotopic (exact) mass is 195 g/mol. The first-order valence-corrected chi connectivity index (χ1v) is 4.52. The van der Waals surface area contributed by atoms with Gasteiger partial charge in [0.05, 0.1) is 12.1 Å². The molecule has 0 saturated heterocycles. The van der Waals surface area contributed by atoms with Crippen molar-refractivity contribution >= 4 is 5.97 Å². The van der Waals surface area contributed by atoms with Crippen LogP contribution in [0.25, 0.3) is 0 Å². The number of nitrogens with zero attached hydrogens (tertiary/aromatic N) is 1. The van der Waals surface area contributed by atoms with Crippen LogP contribution < -0.4 is 0 Å². The molecule has 1 N–H and O–H groups in total. The van der Waals surface area contributed by atoms with Crippen molar-refractivity contribution in [3.05, 3.63) is 29.8 Å². The van der Waals surface area contributed by atoms with Gasteiger partial charge in [0, 0.05) is 12.1 Å². The summed E-state index contributed by atoms with van der Waals surface area (Å²) >= 11 is 0. The van der Waals surface area contributed by atoms with Gasteiger partial charge in [-0.1, -0.05) is 0 Å². The van der Waals surface area contributed by atoms with Crippen LogP contribution in [0.4, 0.5) is 4.39 Å². The molecule has 2 atom stereocenters. The molecule has 1 aromatic heterocycles. The molecule has 2 rings (SSSR count). The van der Waals surface area contributed by atoms with Gasteiger partial charge in [0.15, 0.2) is 0 Å². The minimum Gasteiger partial charge on any atom is -0.481 e. The van der Waals surface area contributed by atoms with Gasteiger partial charge in [-0.25, -0.2) is 4.39 Å². The van der Waals surface area contributed by atoms with E-state index in [2.05, 4.69) is 4.98 Å². The van der Waals surface area contributed by atoms with Crippen molar-refractivity contribution in [1.29, 1.82) is 0 Å². The van der Waals surface area contributed by atoms with E-state index in [0.717, 1.165) is 12.6 Å². The summed E-state index contributed by atoms with van der Waals surface area (Å²) in [6.07, 6.45) is 4.02. The molecule has 0 bridgehead atoms. The second kappa shape index (κ2) is 3.36. The van der Waals surface area contributed by atoms with Gasteiger partial charge in [0.25, 0.3) is 0 Å². The number of hydrogen-bond donors (Lipinski definition) is 1. The predicted octanol–water partition coefficient (Wildman–Crippen LogP) is 1.80. The van der Waals surface area contributed by atoms with E-state index in [1.54, 1.807) is 6.07 Å². The number of aromatic nitrogens is 1. The third-order valence-corrected chi connectivity index (χ3v) is 2.79. The average molecular weight is 195 g/mol. The Balaban J connectivity index is 2.24. The summed E-state index contributed by atoms with van der Waals surface area (Å²) in [5.74, 6) is -1.83. The Morgan fingerprint density at radius 2 is 2.36 bits per heavy atom. The SMILES string of the molecule is O=C(O)C1CCC1c1ccncc1F. The van der Waals surface area contributed by atoms with Crippen molar-refractivity contribution in [3.8, 4) is 0 Å². The summed E-state index contributed by atoms with van der Waals surface area (Å²) in [4.78, 5) is 14.4. The van der Waals surface area contributed by atoms with Gasteiger partial charge in [-0.05, 0) is 24.5 Å². The molecule has 0 aliphatic heterocycles. The van der Waals surface area contributed by atoms with Crippen LogP contribution in [0.15, 0.2) is 18.5 Å². The van der Waals surface area contributed by atoms with Crippen molar-refractivity contribution in [2.45, 2.75) is 18.8 Å². The number of hydrogen-bond acceptors (Lipinski definition) is 2. The Labute approximate surface area is 80.6 Å². The van der Waals surface area contributed by atoms with Crippen LogP contribution >= 0.6 is 0 Å². The fraction of sp³-hybridized carbons (Fsp3) is 0.400. The van der Waals surface area contributed by atoms with Crippen molar-refractivity contribution < 1.29 is 14.3 Å². The molecule has 1 saturated carbocycles. The van der Waals surface area contributed by atoms with Gasteiger partial charge in [0.2, 0.25) is 0 Å². The topological polar surface area (TPSA) is 50.2 Å². The third-order valence-electron chi connectivity index (χ3n) is 2.79. The lowest BCUT2D eigenvalue weighted by Gasteiger charge is -2.33. The molecule has 0 spiro atoms. The van der Waals surface area contributed by atoms with Gasteiger partial charge in [0.1, 0.15) is 5.82 Å². The highest BCUT2D eigenvalue weighted by Crippen LogP contribution is 2.43. The lowest BCUT2D eigenvalue weighted by molar-refractivity contribution is -0.145.